The van der Waals surface area contributed by atoms with Crippen molar-refractivity contribution in [3.63, 3.8) is 0 Å². The van der Waals surface area contributed by atoms with E-state index in [4.69, 9.17) is 23.2 Å². The van der Waals surface area contributed by atoms with E-state index in [0.717, 1.165) is 24.1 Å². The predicted octanol–water partition coefficient (Wildman–Crippen LogP) is 5.46. The molecule has 0 spiro atoms. The summed E-state index contributed by atoms with van der Waals surface area (Å²) in [7, 11) is 0. The van der Waals surface area contributed by atoms with Crippen molar-refractivity contribution in [1.82, 2.24) is 9.97 Å². The van der Waals surface area contributed by atoms with Gasteiger partial charge in [-0.2, -0.15) is 4.98 Å². The molecule has 1 fully saturated rings. The van der Waals surface area contributed by atoms with Crippen molar-refractivity contribution >= 4 is 40.7 Å². The zero-order valence-corrected chi connectivity index (χ0v) is 15.3. The van der Waals surface area contributed by atoms with E-state index in [0.29, 0.717) is 33.5 Å². The highest BCUT2D eigenvalue weighted by Gasteiger charge is 2.22. The normalized spacial score (nSPS) is 13.3. The van der Waals surface area contributed by atoms with Gasteiger partial charge in [0.05, 0.1) is 16.4 Å². The molecule has 0 saturated heterocycles. The van der Waals surface area contributed by atoms with Gasteiger partial charge in [-0.05, 0) is 31.0 Å². The summed E-state index contributed by atoms with van der Waals surface area (Å²) < 4.78 is 0. The van der Waals surface area contributed by atoms with Crippen LogP contribution in [-0.4, -0.2) is 16.0 Å². The fourth-order valence-electron chi connectivity index (χ4n) is 2.47. The summed E-state index contributed by atoms with van der Waals surface area (Å²) in [6.07, 6.45) is 2.31. The van der Waals surface area contributed by atoms with Crippen molar-refractivity contribution in [2.45, 2.75) is 18.9 Å². The SMILES string of the molecule is Clc1ccc(NNc2cc(-c3ccccc3)nc(NC3CC3)n2)c(Cl)c1. The molecule has 0 bridgehead atoms. The Balaban J connectivity index is 1.59. The third-order valence-electron chi connectivity index (χ3n) is 3.96. The summed E-state index contributed by atoms with van der Waals surface area (Å²) in [6, 6.07) is 17.6. The van der Waals surface area contributed by atoms with Crippen LogP contribution in [0.15, 0.2) is 54.6 Å². The van der Waals surface area contributed by atoms with E-state index in [1.54, 1.807) is 18.2 Å². The molecule has 5 nitrogen and oxygen atoms in total. The molecule has 1 aliphatic rings. The van der Waals surface area contributed by atoms with Crippen LogP contribution in [-0.2, 0) is 0 Å². The van der Waals surface area contributed by atoms with Crippen molar-refractivity contribution in [3.8, 4) is 11.3 Å². The quantitative estimate of drug-likeness (QED) is 0.491. The minimum absolute atomic E-state index is 0.465. The first-order valence-corrected chi connectivity index (χ1v) is 9.11. The van der Waals surface area contributed by atoms with Crippen LogP contribution in [0.25, 0.3) is 11.3 Å². The molecular formula is C19H17Cl2N5. The van der Waals surface area contributed by atoms with E-state index in [-0.39, 0.29) is 0 Å². The Kier molecular flexibility index (Phi) is 4.82. The van der Waals surface area contributed by atoms with Gasteiger partial charge in [0.25, 0.3) is 0 Å². The lowest BCUT2D eigenvalue weighted by Crippen LogP contribution is -2.13. The van der Waals surface area contributed by atoms with E-state index in [1.165, 1.54) is 0 Å². The average Bonchev–Trinajstić information content (AvgIpc) is 3.45. The van der Waals surface area contributed by atoms with Gasteiger partial charge in [-0.15, -0.1) is 0 Å². The zero-order chi connectivity index (χ0) is 17.9. The number of benzene rings is 2. The lowest BCUT2D eigenvalue weighted by atomic mass is 10.1. The molecule has 3 aromatic rings. The van der Waals surface area contributed by atoms with Crippen molar-refractivity contribution in [1.29, 1.82) is 0 Å². The van der Waals surface area contributed by atoms with Crippen molar-refractivity contribution in [2.24, 2.45) is 0 Å². The molecule has 0 aliphatic heterocycles. The molecule has 0 radical (unpaired) electrons. The minimum atomic E-state index is 0.465. The summed E-state index contributed by atoms with van der Waals surface area (Å²) in [5.41, 5.74) is 8.76. The van der Waals surface area contributed by atoms with Gasteiger partial charge in [0.1, 0.15) is 0 Å². The van der Waals surface area contributed by atoms with Crippen molar-refractivity contribution in [2.75, 3.05) is 16.2 Å². The van der Waals surface area contributed by atoms with Gasteiger partial charge in [-0.3, -0.25) is 10.9 Å². The number of anilines is 3. The molecule has 1 heterocycles. The van der Waals surface area contributed by atoms with E-state index < -0.39 is 0 Å². The molecular weight excluding hydrogens is 369 g/mol. The zero-order valence-electron chi connectivity index (χ0n) is 13.8. The Labute approximate surface area is 161 Å². The van der Waals surface area contributed by atoms with Gasteiger partial charge in [0.2, 0.25) is 5.95 Å². The first kappa shape index (κ1) is 16.9. The summed E-state index contributed by atoms with van der Waals surface area (Å²) >= 11 is 12.1. The lowest BCUT2D eigenvalue weighted by molar-refractivity contribution is 1.05. The number of hydrogen-bond acceptors (Lipinski definition) is 5. The fraction of sp³-hybridized carbons (Fsp3) is 0.158. The van der Waals surface area contributed by atoms with Crippen LogP contribution in [0.2, 0.25) is 10.0 Å². The first-order valence-electron chi connectivity index (χ1n) is 8.35. The maximum absolute atomic E-state index is 6.20. The monoisotopic (exact) mass is 385 g/mol. The number of nitrogens with zero attached hydrogens (tertiary/aromatic N) is 2. The summed E-state index contributed by atoms with van der Waals surface area (Å²) in [5.74, 6) is 1.26. The molecule has 1 aliphatic carbocycles. The van der Waals surface area contributed by atoms with E-state index >= 15 is 0 Å². The van der Waals surface area contributed by atoms with E-state index in [2.05, 4.69) is 26.1 Å². The summed E-state index contributed by atoms with van der Waals surface area (Å²) in [6.45, 7) is 0. The van der Waals surface area contributed by atoms with Gasteiger partial charge in [0.15, 0.2) is 5.82 Å². The third-order valence-corrected chi connectivity index (χ3v) is 4.51. The number of rotatable bonds is 6. The Bertz CT molecular complexity index is 913. The van der Waals surface area contributed by atoms with Crippen LogP contribution in [0.5, 0.6) is 0 Å². The van der Waals surface area contributed by atoms with Gasteiger partial charge < -0.3 is 5.32 Å². The molecule has 0 unspecified atom stereocenters. The van der Waals surface area contributed by atoms with Crippen LogP contribution in [0.1, 0.15) is 12.8 Å². The van der Waals surface area contributed by atoms with E-state index in [1.807, 2.05) is 36.4 Å². The highest BCUT2D eigenvalue weighted by molar-refractivity contribution is 6.36. The number of hydrazine groups is 1. The first-order chi connectivity index (χ1) is 12.7. The Morgan fingerprint density at radius 1 is 0.885 bits per heavy atom. The third kappa shape index (κ3) is 4.18. The number of nitrogens with one attached hydrogen (secondary N) is 3. The molecule has 0 amide bonds. The molecule has 7 heteroatoms. The number of hydrogen-bond donors (Lipinski definition) is 3. The molecule has 26 heavy (non-hydrogen) atoms. The molecule has 3 N–H and O–H groups in total. The summed E-state index contributed by atoms with van der Waals surface area (Å²) in [4.78, 5) is 9.17. The highest BCUT2D eigenvalue weighted by atomic mass is 35.5. The number of halogens is 2. The molecule has 1 aromatic heterocycles. The van der Waals surface area contributed by atoms with Gasteiger partial charge >= 0.3 is 0 Å². The molecule has 0 atom stereocenters. The van der Waals surface area contributed by atoms with Gasteiger partial charge in [0, 0.05) is 22.7 Å². The highest BCUT2D eigenvalue weighted by Crippen LogP contribution is 2.28. The van der Waals surface area contributed by atoms with Crippen molar-refractivity contribution < 1.29 is 0 Å². The van der Waals surface area contributed by atoms with Crippen LogP contribution in [0, 0.1) is 0 Å². The molecule has 2 aromatic carbocycles. The average molecular weight is 386 g/mol. The fourth-order valence-corrected chi connectivity index (χ4v) is 2.92. The summed E-state index contributed by atoms with van der Waals surface area (Å²) in [5, 5.41) is 4.46. The molecule has 4 rings (SSSR count). The molecule has 1 saturated carbocycles. The largest absolute Gasteiger partial charge is 0.351 e. The van der Waals surface area contributed by atoms with Crippen LogP contribution in [0.4, 0.5) is 17.5 Å². The Morgan fingerprint density at radius 2 is 1.69 bits per heavy atom. The van der Waals surface area contributed by atoms with Gasteiger partial charge in [-0.25, -0.2) is 4.98 Å². The second-order valence-electron chi connectivity index (χ2n) is 6.12. The maximum atomic E-state index is 6.20. The second kappa shape index (κ2) is 7.40. The molecule has 132 valence electrons. The predicted molar refractivity (Wildman–Crippen MR) is 108 cm³/mol. The minimum Gasteiger partial charge on any atom is -0.351 e. The van der Waals surface area contributed by atoms with Crippen molar-refractivity contribution in [3.05, 3.63) is 64.6 Å². The van der Waals surface area contributed by atoms with Gasteiger partial charge in [-0.1, -0.05) is 53.5 Å². The van der Waals surface area contributed by atoms with Crippen LogP contribution >= 0.6 is 23.2 Å². The number of aromatic nitrogens is 2. The smallest absolute Gasteiger partial charge is 0.225 e. The lowest BCUT2D eigenvalue weighted by Gasteiger charge is -2.13. The Hall–Kier alpha value is -2.50. The van der Waals surface area contributed by atoms with Crippen LogP contribution < -0.4 is 16.2 Å². The standard InChI is InChI=1S/C19H17Cl2N5/c20-13-6-9-16(15(21)10-13)25-26-18-11-17(12-4-2-1-3-5-12)23-19(24-18)22-14-7-8-14/h1-6,9-11,14,25H,7-8H2,(H2,22,23,24,26). The second-order valence-corrected chi connectivity index (χ2v) is 6.96. The Morgan fingerprint density at radius 3 is 2.42 bits per heavy atom. The topological polar surface area (TPSA) is 61.9 Å². The maximum Gasteiger partial charge on any atom is 0.225 e. The van der Waals surface area contributed by atoms with E-state index in [9.17, 15) is 0 Å². The van der Waals surface area contributed by atoms with Crippen LogP contribution in [0.3, 0.4) is 0 Å².